The van der Waals surface area contributed by atoms with E-state index in [1.165, 1.54) is 0 Å². The van der Waals surface area contributed by atoms with Gasteiger partial charge in [-0.3, -0.25) is 0 Å². The van der Waals surface area contributed by atoms with E-state index < -0.39 is 38.1 Å². The highest BCUT2D eigenvalue weighted by molar-refractivity contribution is 7.89. The highest BCUT2D eigenvalue weighted by Crippen LogP contribution is 2.26. The molecular formula is C12H14F2N2O4S. The number of nitrogens with two attached hydrogens (primary N) is 1. The molecule has 1 saturated heterocycles. The van der Waals surface area contributed by atoms with Crippen LogP contribution in [0.2, 0.25) is 0 Å². The van der Waals surface area contributed by atoms with Crippen LogP contribution in [0.5, 0.6) is 0 Å². The van der Waals surface area contributed by atoms with Crippen LogP contribution in [0.3, 0.4) is 0 Å². The minimum atomic E-state index is -4.25. The quantitative estimate of drug-likeness (QED) is 0.857. The minimum absolute atomic E-state index is 0.0154. The Bertz CT molecular complexity index is 678. The maximum Gasteiger partial charge on any atom is 0.341 e. The van der Waals surface area contributed by atoms with E-state index in [2.05, 4.69) is 0 Å². The zero-order valence-corrected chi connectivity index (χ0v) is 11.7. The normalized spacial score (nSPS) is 20.4. The summed E-state index contributed by atoms with van der Waals surface area (Å²) in [5, 5.41) is 8.78. The van der Waals surface area contributed by atoms with Crippen molar-refractivity contribution in [3.63, 3.8) is 0 Å². The van der Waals surface area contributed by atoms with Crippen molar-refractivity contribution in [1.29, 1.82) is 0 Å². The molecule has 1 aliphatic rings. The van der Waals surface area contributed by atoms with Gasteiger partial charge in [-0.15, -0.1) is 0 Å². The Hall–Kier alpha value is -1.58. The number of nitrogens with zero attached hydrogens (tertiary/aromatic N) is 1. The molecule has 1 atom stereocenters. The molecule has 0 saturated carbocycles. The van der Waals surface area contributed by atoms with Crippen LogP contribution in [-0.4, -0.2) is 42.9 Å². The average Bonchev–Trinajstić information content (AvgIpc) is 2.37. The fourth-order valence-corrected chi connectivity index (χ4v) is 3.86. The van der Waals surface area contributed by atoms with Crippen molar-refractivity contribution in [3.8, 4) is 0 Å². The molecule has 1 unspecified atom stereocenters. The van der Waals surface area contributed by atoms with Crippen LogP contribution in [-0.2, 0) is 10.0 Å². The van der Waals surface area contributed by atoms with Gasteiger partial charge in [0, 0.05) is 19.1 Å². The van der Waals surface area contributed by atoms with E-state index >= 15 is 0 Å². The average molecular weight is 320 g/mol. The molecular weight excluding hydrogens is 306 g/mol. The molecule has 1 aromatic rings. The number of rotatable bonds is 3. The van der Waals surface area contributed by atoms with Crippen molar-refractivity contribution in [2.24, 2.45) is 5.73 Å². The first-order valence-corrected chi connectivity index (χ1v) is 7.66. The zero-order valence-electron chi connectivity index (χ0n) is 10.9. The Morgan fingerprint density at radius 1 is 1.38 bits per heavy atom. The maximum atomic E-state index is 14.1. The fraction of sp³-hybridized carbons (Fsp3) is 0.417. The molecule has 116 valence electrons. The van der Waals surface area contributed by atoms with Crippen molar-refractivity contribution < 1.29 is 27.1 Å². The molecule has 1 heterocycles. The number of hydrogen-bond donors (Lipinski definition) is 2. The Kier molecular flexibility index (Phi) is 4.26. The molecule has 0 spiro atoms. The largest absolute Gasteiger partial charge is 0.477 e. The third kappa shape index (κ3) is 2.89. The van der Waals surface area contributed by atoms with Crippen molar-refractivity contribution in [1.82, 2.24) is 4.31 Å². The Balaban J connectivity index is 2.50. The van der Waals surface area contributed by atoms with Crippen molar-refractivity contribution in [3.05, 3.63) is 29.3 Å². The predicted octanol–water partition coefficient (Wildman–Crippen LogP) is 0.775. The smallest absolute Gasteiger partial charge is 0.341 e. The SMILES string of the molecule is NC1CCCN(S(=O)(=O)c2ccc(F)c(C(=O)O)c2F)C1. The number of benzene rings is 1. The lowest BCUT2D eigenvalue weighted by molar-refractivity contribution is 0.0685. The van der Waals surface area contributed by atoms with Crippen LogP contribution in [0, 0.1) is 11.6 Å². The summed E-state index contributed by atoms with van der Waals surface area (Å²) in [6, 6.07) is 0.992. The first-order valence-electron chi connectivity index (χ1n) is 6.22. The lowest BCUT2D eigenvalue weighted by atomic mass is 10.1. The summed E-state index contributed by atoms with van der Waals surface area (Å²) in [5.74, 6) is -4.78. The maximum absolute atomic E-state index is 14.1. The summed E-state index contributed by atoms with van der Waals surface area (Å²) in [5.41, 5.74) is 4.41. The highest BCUT2D eigenvalue weighted by atomic mass is 32.2. The van der Waals surface area contributed by atoms with Gasteiger partial charge >= 0.3 is 5.97 Å². The summed E-state index contributed by atoms with van der Waals surface area (Å²) >= 11 is 0. The highest BCUT2D eigenvalue weighted by Gasteiger charge is 2.33. The lowest BCUT2D eigenvalue weighted by Crippen LogP contribution is -2.45. The van der Waals surface area contributed by atoms with Gasteiger partial charge in [0.05, 0.1) is 0 Å². The van der Waals surface area contributed by atoms with Gasteiger partial charge in [0.2, 0.25) is 10.0 Å². The molecule has 0 amide bonds. The van der Waals surface area contributed by atoms with Crippen molar-refractivity contribution in [2.75, 3.05) is 13.1 Å². The molecule has 0 aromatic heterocycles. The third-order valence-corrected chi connectivity index (χ3v) is 5.19. The Morgan fingerprint density at radius 2 is 2.05 bits per heavy atom. The molecule has 1 aliphatic heterocycles. The number of halogens is 2. The first kappa shape index (κ1) is 15.8. The Labute approximate surface area is 120 Å². The first-order chi connectivity index (χ1) is 9.75. The number of carboxylic acids is 1. The number of hydrogen-bond acceptors (Lipinski definition) is 4. The summed E-state index contributed by atoms with van der Waals surface area (Å²) < 4.78 is 53.1. The van der Waals surface area contributed by atoms with Gasteiger partial charge in [-0.2, -0.15) is 4.31 Å². The summed E-state index contributed by atoms with van der Waals surface area (Å²) in [7, 11) is -4.25. The van der Waals surface area contributed by atoms with Gasteiger partial charge in [0.15, 0.2) is 5.82 Å². The molecule has 6 nitrogen and oxygen atoms in total. The lowest BCUT2D eigenvalue weighted by Gasteiger charge is -2.30. The van der Waals surface area contributed by atoms with Crippen LogP contribution < -0.4 is 5.73 Å². The molecule has 0 aliphatic carbocycles. The molecule has 2 rings (SSSR count). The van der Waals surface area contributed by atoms with Gasteiger partial charge < -0.3 is 10.8 Å². The second kappa shape index (κ2) is 5.66. The van der Waals surface area contributed by atoms with E-state index in [-0.39, 0.29) is 19.1 Å². The minimum Gasteiger partial charge on any atom is -0.477 e. The predicted molar refractivity (Wildman–Crippen MR) is 69.3 cm³/mol. The summed E-state index contributed by atoms with van der Waals surface area (Å²) in [6.07, 6.45) is 1.17. The number of sulfonamides is 1. The van der Waals surface area contributed by atoms with E-state index in [9.17, 15) is 22.0 Å². The van der Waals surface area contributed by atoms with Gasteiger partial charge in [-0.25, -0.2) is 22.0 Å². The molecule has 1 aromatic carbocycles. The van der Waals surface area contributed by atoms with Crippen LogP contribution in [0.15, 0.2) is 17.0 Å². The van der Waals surface area contributed by atoms with Gasteiger partial charge in [0.1, 0.15) is 16.3 Å². The Morgan fingerprint density at radius 3 is 2.62 bits per heavy atom. The van der Waals surface area contributed by atoms with Crippen LogP contribution in [0.1, 0.15) is 23.2 Å². The van der Waals surface area contributed by atoms with Gasteiger partial charge in [-0.05, 0) is 25.0 Å². The van der Waals surface area contributed by atoms with E-state index in [0.29, 0.717) is 18.9 Å². The van der Waals surface area contributed by atoms with E-state index in [4.69, 9.17) is 10.8 Å². The molecule has 0 radical (unpaired) electrons. The number of piperidine rings is 1. The van der Waals surface area contributed by atoms with Crippen molar-refractivity contribution >= 4 is 16.0 Å². The molecule has 9 heteroatoms. The van der Waals surface area contributed by atoms with E-state index in [1.54, 1.807) is 0 Å². The number of carbonyl (C=O) groups is 1. The van der Waals surface area contributed by atoms with Crippen LogP contribution in [0.25, 0.3) is 0 Å². The zero-order chi connectivity index (χ0) is 15.8. The second-order valence-electron chi connectivity index (χ2n) is 4.81. The molecule has 0 bridgehead atoms. The van der Waals surface area contributed by atoms with Crippen LogP contribution in [0.4, 0.5) is 8.78 Å². The number of carboxylic acid groups (broad SMARTS) is 1. The molecule has 3 N–H and O–H groups in total. The summed E-state index contributed by atoms with van der Waals surface area (Å²) in [6.45, 7) is 0.177. The van der Waals surface area contributed by atoms with Gasteiger partial charge in [0.25, 0.3) is 0 Å². The third-order valence-electron chi connectivity index (χ3n) is 3.31. The molecule has 1 fully saturated rings. The molecule has 21 heavy (non-hydrogen) atoms. The second-order valence-corrected chi connectivity index (χ2v) is 6.71. The summed E-state index contributed by atoms with van der Waals surface area (Å²) in [4.78, 5) is 9.99. The van der Waals surface area contributed by atoms with Crippen LogP contribution >= 0.6 is 0 Å². The van der Waals surface area contributed by atoms with E-state index in [0.717, 1.165) is 10.4 Å². The monoisotopic (exact) mass is 320 g/mol. The standard InChI is InChI=1S/C12H14F2N2O4S/c13-8-3-4-9(11(14)10(8)12(17)18)21(19,20)16-5-1-2-7(15)6-16/h3-4,7H,1-2,5-6,15H2,(H,17,18). The number of aromatic carboxylic acids is 1. The fourth-order valence-electron chi connectivity index (χ4n) is 2.26. The topological polar surface area (TPSA) is 101 Å². The van der Waals surface area contributed by atoms with Crippen molar-refractivity contribution in [2.45, 2.75) is 23.8 Å². The van der Waals surface area contributed by atoms with E-state index in [1.807, 2.05) is 0 Å². The van der Waals surface area contributed by atoms with Gasteiger partial charge in [-0.1, -0.05) is 0 Å².